The molecule has 0 spiro atoms. The molecule has 2 fully saturated rings. The molecule has 1 heteroatoms. The Balaban J connectivity index is 2.06. The quantitative estimate of drug-likeness (QED) is 0.783. The van der Waals surface area contributed by atoms with Gasteiger partial charge in [-0.25, -0.2) is 0 Å². The van der Waals surface area contributed by atoms with Gasteiger partial charge in [-0.05, 0) is 41.1 Å². The van der Waals surface area contributed by atoms with Crippen molar-refractivity contribution in [2.45, 2.75) is 45.6 Å². The second-order valence-electron chi connectivity index (χ2n) is 6.74. The first kappa shape index (κ1) is 11.3. The van der Waals surface area contributed by atoms with Gasteiger partial charge in [-0.3, -0.25) is 0 Å². The highest BCUT2D eigenvalue weighted by Crippen LogP contribution is 2.70. The van der Waals surface area contributed by atoms with Gasteiger partial charge in [0.1, 0.15) is 0 Å². The van der Waals surface area contributed by atoms with Gasteiger partial charge in [0.05, 0.1) is 0 Å². The monoisotopic (exact) mass is 229 g/mol. The van der Waals surface area contributed by atoms with Crippen LogP contribution in [0.25, 0.3) is 0 Å². The average Bonchev–Trinajstić information content (AvgIpc) is 2.61. The number of hydrogen-bond acceptors (Lipinski definition) is 1. The molecule has 2 saturated carbocycles. The summed E-state index contributed by atoms with van der Waals surface area (Å²) in [6.07, 6.45) is 2.54. The molecule has 2 aliphatic rings. The highest BCUT2D eigenvalue weighted by atomic mass is 14.8. The van der Waals surface area contributed by atoms with E-state index in [2.05, 4.69) is 51.1 Å². The van der Waals surface area contributed by atoms with E-state index in [9.17, 15) is 0 Å². The van der Waals surface area contributed by atoms with Crippen molar-refractivity contribution in [1.82, 2.24) is 0 Å². The van der Waals surface area contributed by atoms with Crippen LogP contribution in [-0.2, 0) is 0 Å². The van der Waals surface area contributed by atoms with Crippen molar-refractivity contribution in [3.05, 3.63) is 35.9 Å². The fourth-order valence-corrected chi connectivity index (χ4v) is 4.56. The molecule has 92 valence electrons. The standard InChI is InChI=1S/C16H23N/c1-15(2)12-9-13(11-7-5-4-6-8-11)16(15,3)14(17)10-12/h4-8,12-14H,9-10,17H2,1-3H3/t12?,13-,14?,16?/m1/s1. The van der Waals surface area contributed by atoms with Gasteiger partial charge in [0, 0.05) is 6.04 Å². The topological polar surface area (TPSA) is 26.0 Å². The van der Waals surface area contributed by atoms with Crippen LogP contribution in [0.15, 0.2) is 30.3 Å². The summed E-state index contributed by atoms with van der Waals surface area (Å²) in [4.78, 5) is 0. The smallest absolute Gasteiger partial charge is 0.0107 e. The van der Waals surface area contributed by atoms with E-state index >= 15 is 0 Å². The van der Waals surface area contributed by atoms with Gasteiger partial charge < -0.3 is 5.73 Å². The normalized spacial score (nSPS) is 42.9. The molecule has 3 unspecified atom stereocenters. The maximum Gasteiger partial charge on any atom is 0.0107 e. The summed E-state index contributed by atoms with van der Waals surface area (Å²) in [5, 5.41) is 0. The fourth-order valence-electron chi connectivity index (χ4n) is 4.56. The molecule has 2 aliphatic carbocycles. The van der Waals surface area contributed by atoms with Crippen molar-refractivity contribution < 1.29 is 0 Å². The van der Waals surface area contributed by atoms with E-state index in [0.29, 0.717) is 17.4 Å². The largest absolute Gasteiger partial charge is 0.327 e. The molecular formula is C16H23N. The van der Waals surface area contributed by atoms with Crippen molar-refractivity contribution in [2.24, 2.45) is 22.5 Å². The first-order chi connectivity index (χ1) is 7.98. The molecule has 0 aromatic heterocycles. The van der Waals surface area contributed by atoms with Gasteiger partial charge >= 0.3 is 0 Å². The van der Waals surface area contributed by atoms with E-state index in [1.807, 2.05) is 0 Å². The van der Waals surface area contributed by atoms with Crippen molar-refractivity contribution >= 4 is 0 Å². The average molecular weight is 229 g/mol. The minimum absolute atomic E-state index is 0.263. The zero-order chi connectivity index (χ0) is 12.3. The fraction of sp³-hybridized carbons (Fsp3) is 0.625. The Labute approximate surface area is 104 Å². The Morgan fingerprint density at radius 1 is 1.06 bits per heavy atom. The molecule has 4 atom stereocenters. The number of benzene rings is 1. The van der Waals surface area contributed by atoms with Crippen LogP contribution in [0, 0.1) is 16.7 Å². The lowest BCUT2D eigenvalue weighted by atomic mass is 9.63. The Bertz CT molecular complexity index is 422. The number of rotatable bonds is 1. The molecule has 0 radical (unpaired) electrons. The lowest BCUT2D eigenvalue weighted by molar-refractivity contribution is 0.117. The Morgan fingerprint density at radius 3 is 2.24 bits per heavy atom. The summed E-state index contributed by atoms with van der Waals surface area (Å²) in [5.41, 5.74) is 8.59. The predicted octanol–water partition coefficient (Wildman–Crippen LogP) is 3.55. The first-order valence-electron chi connectivity index (χ1n) is 6.78. The molecule has 1 aromatic carbocycles. The van der Waals surface area contributed by atoms with Crippen LogP contribution in [0.4, 0.5) is 0 Å². The third-order valence-corrected chi connectivity index (χ3v) is 6.16. The molecule has 2 bridgehead atoms. The number of fused-ring (bicyclic) bond motifs is 2. The van der Waals surface area contributed by atoms with Gasteiger partial charge in [-0.15, -0.1) is 0 Å². The first-order valence-corrected chi connectivity index (χ1v) is 6.78. The van der Waals surface area contributed by atoms with Gasteiger partial charge in [0.15, 0.2) is 0 Å². The predicted molar refractivity (Wildman–Crippen MR) is 71.8 cm³/mol. The van der Waals surface area contributed by atoms with Gasteiger partial charge in [-0.2, -0.15) is 0 Å². The zero-order valence-corrected chi connectivity index (χ0v) is 11.1. The molecule has 0 saturated heterocycles. The summed E-state index contributed by atoms with van der Waals surface area (Å²) in [5.74, 6) is 1.44. The van der Waals surface area contributed by atoms with Crippen LogP contribution < -0.4 is 5.73 Å². The highest BCUT2D eigenvalue weighted by Gasteiger charge is 2.65. The highest BCUT2D eigenvalue weighted by molar-refractivity contribution is 5.30. The molecular weight excluding hydrogens is 206 g/mol. The summed E-state index contributed by atoms with van der Waals surface area (Å²) in [6, 6.07) is 11.3. The summed E-state index contributed by atoms with van der Waals surface area (Å²) in [7, 11) is 0. The second-order valence-corrected chi connectivity index (χ2v) is 6.74. The van der Waals surface area contributed by atoms with E-state index in [1.54, 1.807) is 0 Å². The Kier molecular flexibility index (Phi) is 2.22. The van der Waals surface area contributed by atoms with Crippen molar-refractivity contribution in [2.75, 3.05) is 0 Å². The van der Waals surface area contributed by atoms with Gasteiger partial charge in [-0.1, -0.05) is 51.1 Å². The molecule has 0 aliphatic heterocycles. The van der Waals surface area contributed by atoms with E-state index in [4.69, 9.17) is 5.73 Å². The summed E-state index contributed by atoms with van der Waals surface area (Å²) < 4.78 is 0. The number of hydrogen-bond donors (Lipinski definition) is 1. The third-order valence-electron chi connectivity index (χ3n) is 6.16. The van der Waals surface area contributed by atoms with Crippen molar-refractivity contribution in [3.8, 4) is 0 Å². The number of nitrogens with two attached hydrogens (primary N) is 1. The second kappa shape index (κ2) is 3.35. The molecule has 1 aromatic rings. The van der Waals surface area contributed by atoms with Crippen molar-refractivity contribution in [1.29, 1.82) is 0 Å². The third kappa shape index (κ3) is 1.24. The molecule has 3 rings (SSSR count). The summed E-state index contributed by atoms with van der Waals surface area (Å²) >= 11 is 0. The van der Waals surface area contributed by atoms with E-state index in [-0.39, 0.29) is 5.41 Å². The van der Waals surface area contributed by atoms with Gasteiger partial charge in [0.25, 0.3) is 0 Å². The van der Waals surface area contributed by atoms with E-state index in [0.717, 1.165) is 5.92 Å². The lowest BCUT2D eigenvalue weighted by Crippen LogP contribution is -2.44. The van der Waals surface area contributed by atoms with Crippen LogP contribution >= 0.6 is 0 Å². The molecule has 1 nitrogen and oxygen atoms in total. The minimum atomic E-state index is 0.263. The Hall–Kier alpha value is -0.820. The van der Waals surface area contributed by atoms with Crippen LogP contribution in [0.1, 0.15) is 45.1 Å². The van der Waals surface area contributed by atoms with Crippen molar-refractivity contribution in [3.63, 3.8) is 0 Å². The molecule has 2 N–H and O–H groups in total. The van der Waals surface area contributed by atoms with Crippen LogP contribution in [0.5, 0.6) is 0 Å². The van der Waals surface area contributed by atoms with Crippen LogP contribution in [0.3, 0.4) is 0 Å². The van der Waals surface area contributed by atoms with Crippen LogP contribution in [0.2, 0.25) is 0 Å². The molecule has 0 heterocycles. The van der Waals surface area contributed by atoms with Gasteiger partial charge in [0.2, 0.25) is 0 Å². The van der Waals surface area contributed by atoms with Crippen LogP contribution in [-0.4, -0.2) is 6.04 Å². The maximum atomic E-state index is 6.46. The zero-order valence-electron chi connectivity index (χ0n) is 11.1. The maximum absolute atomic E-state index is 6.46. The van der Waals surface area contributed by atoms with E-state index < -0.39 is 0 Å². The lowest BCUT2D eigenvalue weighted by Gasteiger charge is -2.43. The molecule has 0 amide bonds. The Morgan fingerprint density at radius 2 is 1.71 bits per heavy atom. The minimum Gasteiger partial charge on any atom is -0.327 e. The molecule has 17 heavy (non-hydrogen) atoms. The summed E-state index contributed by atoms with van der Waals surface area (Å²) in [6.45, 7) is 7.27. The van der Waals surface area contributed by atoms with E-state index in [1.165, 1.54) is 18.4 Å². The SMILES string of the molecule is CC1(C)C2CC(N)C1(C)[C@@H](c1ccccc1)C2.